The van der Waals surface area contributed by atoms with Crippen molar-refractivity contribution in [1.29, 1.82) is 0 Å². The minimum Gasteiger partial charge on any atom is -0.452 e. The Morgan fingerprint density at radius 1 is 1.20 bits per heavy atom. The molecule has 176 valence electrons. The summed E-state index contributed by atoms with van der Waals surface area (Å²) in [6.07, 6.45) is 0.944. The summed E-state index contributed by atoms with van der Waals surface area (Å²) in [5.74, 6) is 0.614. The number of thioether (sulfide) groups is 1. The van der Waals surface area contributed by atoms with Crippen LogP contribution in [0.3, 0.4) is 0 Å². The van der Waals surface area contributed by atoms with E-state index in [-0.39, 0.29) is 17.2 Å². The number of carbonyl (C=O) groups excluding carboxylic acids is 1. The van der Waals surface area contributed by atoms with E-state index < -0.39 is 11.1 Å². The lowest BCUT2D eigenvalue weighted by molar-refractivity contribution is -0.764. The molecule has 35 heavy (non-hydrogen) atoms. The van der Waals surface area contributed by atoms with Crippen molar-refractivity contribution in [2.24, 2.45) is 0 Å². The van der Waals surface area contributed by atoms with E-state index in [9.17, 15) is 19.7 Å². The van der Waals surface area contributed by atoms with Crippen molar-refractivity contribution in [2.45, 2.75) is 25.2 Å². The second kappa shape index (κ2) is 8.51. The molecule has 0 saturated carbocycles. The van der Waals surface area contributed by atoms with Crippen LogP contribution in [0.5, 0.6) is 0 Å². The fraction of sp³-hybridized carbons (Fsp3) is 0.167. The molecular weight excluding hydrogens is 470 g/mol. The molecule has 4 aromatic rings. The largest absolute Gasteiger partial charge is 0.452 e. The molecule has 1 atom stereocenters. The highest BCUT2D eigenvalue weighted by Gasteiger charge is 2.46. The van der Waals surface area contributed by atoms with Crippen LogP contribution in [-0.4, -0.2) is 27.2 Å². The summed E-state index contributed by atoms with van der Waals surface area (Å²) in [4.78, 5) is 41.0. The van der Waals surface area contributed by atoms with Crippen LogP contribution in [0, 0.1) is 17.0 Å². The van der Waals surface area contributed by atoms with Crippen LogP contribution in [-0.2, 0) is 4.79 Å². The highest BCUT2D eigenvalue weighted by molar-refractivity contribution is 7.98. The quantitative estimate of drug-likeness (QED) is 0.199. The Hall–Kier alpha value is -4.25. The van der Waals surface area contributed by atoms with Gasteiger partial charge in [-0.05, 0) is 53.8 Å². The van der Waals surface area contributed by atoms with Crippen LogP contribution >= 0.6 is 11.8 Å². The normalized spacial score (nSPS) is 14.4. The number of amides is 1. The number of benzene rings is 2. The first kappa shape index (κ1) is 22.5. The minimum absolute atomic E-state index is 0.0119. The number of hydrogen-bond donors (Lipinski definition) is 1. The molecule has 0 bridgehead atoms. The number of para-hydroxylation sites is 1. The molecule has 1 aliphatic heterocycles. The van der Waals surface area contributed by atoms with E-state index in [1.54, 1.807) is 60.5 Å². The number of nitrogens with one attached hydrogen (secondary N) is 1. The number of anilines is 1. The van der Waals surface area contributed by atoms with E-state index in [2.05, 4.69) is 10.1 Å². The number of nitro groups is 1. The molecule has 1 aliphatic rings. The number of carbonyl (C=O) groups is 1. The fourth-order valence-electron chi connectivity index (χ4n) is 4.34. The van der Waals surface area contributed by atoms with Crippen molar-refractivity contribution in [2.75, 3.05) is 11.2 Å². The van der Waals surface area contributed by atoms with Crippen LogP contribution in [0.1, 0.15) is 24.4 Å². The van der Waals surface area contributed by atoms with Crippen LogP contribution in [0.2, 0.25) is 0 Å². The smallest absolute Gasteiger partial charge is 0.325 e. The van der Waals surface area contributed by atoms with Crippen molar-refractivity contribution < 1.29 is 18.8 Å². The summed E-state index contributed by atoms with van der Waals surface area (Å²) in [6, 6.07) is 15.1. The Kier molecular flexibility index (Phi) is 5.48. The Morgan fingerprint density at radius 3 is 2.66 bits per heavy atom. The topological polar surface area (TPSA) is 126 Å². The Bertz CT molecular complexity index is 1560. The molecule has 11 heteroatoms. The van der Waals surface area contributed by atoms with Crippen molar-refractivity contribution >= 4 is 29.0 Å². The van der Waals surface area contributed by atoms with E-state index in [1.807, 2.05) is 0 Å². The number of hydrogen-bond acceptors (Lipinski definition) is 7. The van der Waals surface area contributed by atoms with Gasteiger partial charge in [0.2, 0.25) is 11.1 Å². The standard InChI is InChI=1S/C24H19N5O5S/c1-13-12-15(29(32)33)8-9-16(13)19-10-11-20(34-19)23-27(14(2)30)18-7-5-4-6-17(18)21-22(31)25-24(35-3)26-28(21)23/h4-12,23H,1-3H3/p+1. The van der Waals surface area contributed by atoms with Crippen molar-refractivity contribution in [3.8, 4) is 22.6 Å². The lowest BCUT2D eigenvalue weighted by Crippen LogP contribution is -2.60. The minimum atomic E-state index is -0.849. The summed E-state index contributed by atoms with van der Waals surface area (Å²) in [6.45, 7) is 3.21. The third-order valence-electron chi connectivity index (χ3n) is 5.86. The van der Waals surface area contributed by atoms with Gasteiger partial charge in [-0.15, -0.1) is 0 Å². The number of non-ortho nitro benzene ring substituents is 1. The van der Waals surface area contributed by atoms with Gasteiger partial charge in [0.1, 0.15) is 5.76 Å². The molecule has 1 N–H and O–H groups in total. The van der Waals surface area contributed by atoms with Crippen molar-refractivity contribution in [3.63, 3.8) is 0 Å². The number of aromatic nitrogens is 3. The number of nitrogens with zero attached hydrogens (tertiary/aromatic N) is 4. The molecule has 0 saturated heterocycles. The van der Waals surface area contributed by atoms with Gasteiger partial charge in [-0.2, -0.15) is 0 Å². The highest BCUT2D eigenvalue weighted by Crippen LogP contribution is 2.39. The van der Waals surface area contributed by atoms with Crippen LogP contribution < -0.4 is 15.1 Å². The Labute approximate surface area is 203 Å². The van der Waals surface area contributed by atoms with Gasteiger partial charge in [0.15, 0.2) is 5.76 Å². The maximum Gasteiger partial charge on any atom is 0.325 e. The molecule has 5 rings (SSSR count). The van der Waals surface area contributed by atoms with Gasteiger partial charge >= 0.3 is 17.4 Å². The zero-order valence-corrected chi connectivity index (χ0v) is 19.8. The van der Waals surface area contributed by atoms with Crippen molar-refractivity contribution in [3.05, 3.63) is 86.4 Å². The van der Waals surface area contributed by atoms with E-state index in [0.29, 0.717) is 44.7 Å². The summed E-state index contributed by atoms with van der Waals surface area (Å²) < 4.78 is 7.73. The van der Waals surface area contributed by atoms with E-state index in [4.69, 9.17) is 4.42 Å². The lowest BCUT2D eigenvalue weighted by atomic mass is 10.0. The molecular formula is C24H20N5O5S+. The van der Waals surface area contributed by atoms with Gasteiger partial charge < -0.3 is 4.42 Å². The zero-order valence-electron chi connectivity index (χ0n) is 19.0. The first-order valence-electron chi connectivity index (χ1n) is 10.6. The van der Waals surface area contributed by atoms with Crippen LogP contribution in [0.25, 0.3) is 22.6 Å². The van der Waals surface area contributed by atoms with Gasteiger partial charge in [-0.3, -0.25) is 24.7 Å². The molecule has 1 amide bonds. The van der Waals surface area contributed by atoms with Crippen LogP contribution in [0.4, 0.5) is 11.4 Å². The fourth-order valence-corrected chi connectivity index (χ4v) is 4.70. The molecule has 10 nitrogen and oxygen atoms in total. The Morgan fingerprint density at radius 2 is 1.97 bits per heavy atom. The highest BCUT2D eigenvalue weighted by atomic mass is 32.2. The van der Waals surface area contributed by atoms with Gasteiger partial charge in [-0.1, -0.05) is 23.9 Å². The second-order valence-corrected chi connectivity index (χ2v) is 8.79. The number of nitro benzene ring substituents is 1. The van der Waals surface area contributed by atoms with Crippen LogP contribution in [0.15, 0.2) is 69.0 Å². The molecule has 2 aromatic heterocycles. The number of aromatic amines is 1. The molecule has 0 radical (unpaired) electrons. The van der Waals surface area contributed by atoms with Crippen molar-refractivity contribution in [1.82, 2.24) is 10.1 Å². The lowest BCUT2D eigenvalue weighted by Gasteiger charge is -2.29. The number of rotatable bonds is 4. The van der Waals surface area contributed by atoms with E-state index >= 15 is 0 Å². The van der Waals surface area contributed by atoms with Gasteiger partial charge in [-0.25, -0.2) is 4.90 Å². The summed E-state index contributed by atoms with van der Waals surface area (Å²) in [5, 5.41) is 16.1. The number of H-pyrrole nitrogens is 1. The average molecular weight is 491 g/mol. The number of fused-ring (bicyclic) bond motifs is 3. The SMILES string of the molecule is CSc1n[n+]2c(c(=O)[nH]1)-c1ccccc1N(C(C)=O)C2c1ccc(-c2ccc([N+](=O)[O-])cc2C)o1. The summed E-state index contributed by atoms with van der Waals surface area (Å²) in [7, 11) is 0. The maximum atomic E-state index is 13.1. The Balaban J connectivity index is 1.71. The molecule has 1 unspecified atom stereocenters. The second-order valence-electron chi connectivity index (χ2n) is 7.99. The molecule has 0 aliphatic carbocycles. The predicted molar refractivity (Wildman–Crippen MR) is 129 cm³/mol. The number of aryl methyl sites for hydroxylation is 1. The van der Waals surface area contributed by atoms with Gasteiger partial charge in [0.05, 0.1) is 16.2 Å². The molecule has 3 heterocycles. The predicted octanol–water partition coefficient (Wildman–Crippen LogP) is 3.84. The molecule has 0 fully saturated rings. The number of furan rings is 1. The van der Waals surface area contributed by atoms with Gasteiger partial charge in [0, 0.05) is 29.7 Å². The summed E-state index contributed by atoms with van der Waals surface area (Å²) in [5.41, 5.74) is 2.47. The zero-order chi connectivity index (χ0) is 24.9. The van der Waals surface area contributed by atoms with E-state index in [0.717, 1.165) is 0 Å². The monoisotopic (exact) mass is 490 g/mol. The third-order valence-corrected chi connectivity index (χ3v) is 6.43. The first-order valence-corrected chi connectivity index (χ1v) is 11.9. The average Bonchev–Trinajstić information content (AvgIpc) is 3.31. The first-order chi connectivity index (χ1) is 16.8. The summed E-state index contributed by atoms with van der Waals surface area (Å²) >= 11 is 1.28. The molecule has 0 spiro atoms. The maximum absolute atomic E-state index is 13.1. The van der Waals surface area contributed by atoms with Gasteiger partial charge in [0.25, 0.3) is 5.69 Å². The van der Waals surface area contributed by atoms with E-state index in [1.165, 1.54) is 35.5 Å². The molecule has 2 aromatic carbocycles. The third kappa shape index (κ3) is 3.69.